The van der Waals surface area contributed by atoms with E-state index >= 15 is 0 Å². The van der Waals surface area contributed by atoms with Gasteiger partial charge in [-0.3, -0.25) is 4.90 Å². The number of ether oxygens (including phenoxy) is 1. The van der Waals surface area contributed by atoms with Crippen molar-refractivity contribution in [2.75, 3.05) is 31.1 Å². The molecule has 3 aromatic rings. The van der Waals surface area contributed by atoms with Crippen LogP contribution in [0.4, 0.5) is 19.3 Å². The van der Waals surface area contributed by atoms with E-state index in [1.165, 1.54) is 16.5 Å². The maximum atomic E-state index is 13.9. The topological polar surface area (TPSA) is 29.5 Å². The van der Waals surface area contributed by atoms with E-state index in [1.807, 2.05) is 37.3 Å². The summed E-state index contributed by atoms with van der Waals surface area (Å²) in [5.74, 6) is -1.45. The molecule has 3 saturated heterocycles. The number of anilines is 1. The molecule has 2 bridgehead atoms. The van der Waals surface area contributed by atoms with Gasteiger partial charge in [-0.2, -0.15) is 0 Å². The number of carbonyl (C=O) groups excluding carboxylic acids is 1. The van der Waals surface area contributed by atoms with Crippen LogP contribution in [0.2, 0.25) is 0 Å². The summed E-state index contributed by atoms with van der Waals surface area (Å²) in [5, 5.41) is 0. The van der Waals surface area contributed by atoms with Gasteiger partial charge < -0.3 is 9.22 Å². The molecule has 6 rings (SSSR count). The van der Waals surface area contributed by atoms with E-state index in [-0.39, 0.29) is 12.6 Å². The van der Waals surface area contributed by atoms with Crippen LogP contribution in [0.25, 0.3) is 0 Å². The largest absolute Gasteiger partial charge is 0.440 e. The van der Waals surface area contributed by atoms with Gasteiger partial charge in [-0.15, -0.1) is 0 Å². The Balaban J connectivity index is 1.28. The lowest BCUT2D eigenvalue weighted by Crippen LogP contribution is -2.65. The van der Waals surface area contributed by atoms with Crippen molar-refractivity contribution in [2.45, 2.75) is 45.3 Å². The Labute approximate surface area is 218 Å². The Morgan fingerprint density at radius 1 is 0.946 bits per heavy atom. The molecule has 6 heteroatoms. The highest BCUT2D eigenvalue weighted by Crippen LogP contribution is 2.36. The van der Waals surface area contributed by atoms with Crippen molar-refractivity contribution >= 4 is 11.8 Å². The molecule has 0 radical (unpaired) electrons. The third kappa shape index (κ3) is 6.02. The quantitative estimate of drug-likeness (QED) is 0.321. The molecule has 1 unspecified atom stereocenters. The molecular formula is C31H35F2N2O2+. The van der Waals surface area contributed by atoms with Crippen molar-refractivity contribution in [2.24, 2.45) is 5.92 Å². The maximum Gasteiger partial charge on any atom is 0.415 e. The highest BCUT2D eigenvalue weighted by atomic mass is 19.2. The van der Waals surface area contributed by atoms with Crippen LogP contribution in [-0.2, 0) is 17.7 Å². The number of amides is 1. The van der Waals surface area contributed by atoms with Crippen molar-refractivity contribution in [3.8, 4) is 0 Å². The van der Waals surface area contributed by atoms with Gasteiger partial charge in [0.2, 0.25) is 0 Å². The van der Waals surface area contributed by atoms with Gasteiger partial charge in [0.15, 0.2) is 17.7 Å². The van der Waals surface area contributed by atoms with E-state index in [9.17, 15) is 13.6 Å². The molecule has 4 nitrogen and oxygen atoms in total. The number of fused-ring (bicyclic) bond motifs is 3. The Morgan fingerprint density at radius 2 is 1.73 bits per heavy atom. The SMILES string of the molecule is Cc1cccc(N(Cc2ccc(F)c(F)c2)C(=O)OC2C[N+]3(CCCc4ccccc4)CCC2CC3)c1. The third-order valence-corrected chi connectivity index (χ3v) is 8.09. The molecule has 194 valence electrons. The number of hydrogen-bond acceptors (Lipinski definition) is 2. The number of carbonyl (C=O) groups is 1. The van der Waals surface area contributed by atoms with Crippen LogP contribution in [-0.4, -0.2) is 42.9 Å². The average Bonchev–Trinajstić information content (AvgIpc) is 2.90. The summed E-state index contributed by atoms with van der Waals surface area (Å²) in [5.41, 5.74) is 3.56. The lowest BCUT2D eigenvalue weighted by molar-refractivity contribution is -0.946. The number of aryl methyl sites for hydroxylation is 2. The van der Waals surface area contributed by atoms with E-state index in [2.05, 4.69) is 24.3 Å². The van der Waals surface area contributed by atoms with Crippen LogP contribution < -0.4 is 4.90 Å². The Bertz CT molecular complexity index is 1220. The average molecular weight is 506 g/mol. The second kappa shape index (κ2) is 11.0. The zero-order chi connectivity index (χ0) is 25.8. The number of hydrogen-bond donors (Lipinski definition) is 0. The van der Waals surface area contributed by atoms with Crippen molar-refractivity contribution in [1.82, 2.24) is 0 Å². The molecule has 1 atom stereocenters. The van der Waals surface area contributed by atoms with Crippen LogP contribution in [0.1, 0.15) is 36.0 Å². The Morgan fingerprint density at radius 3 is 2.46 bits per heavy atom. The highest BCUT2D eigenvalue weighted by Gasteiger charge is 2.47. The van der Waals surface area contributed by atoms with Crippen LogP contribution >= 0.6 is 0 Å². The van der Waals surface area contributed by atoms with E-state index in [1.54, 1.807) is 0 Å². The van der Waals surface area contributed by atoms with Gasteiger partial charge in [-0.05, 0) is 54.3 Å². The molecule has 37 heavy (non-hydrogen) atoms. The summed E-state index contributed by atoms with van der Waals surface area (Å²) in [4.78, 5) is 15.1. The van der Waals surface area contributed by atoms with Crippen LogP contribution in [0.5, 0.6) is 0 Å². The summed E-state index contributed by atoms with van der Waals surface area (Å²) in [7, 11) is 0. The van der Waals surface area contributed by atoms with Gasteiger partial charge in [0.1, 0.15) is 6.54 Å². The number of rotatable bonds is 8. The zero-order valence-corrected chi connectivity index (χ0v) is 21.4. The minimum absolute atomic E-state index is 0.105. The Kier molecular flexibility index (Phi) is 7.56. The molecule has 0 aromatic heterocycles. The first-order valence-corrected chi connectivity index (χ1v) is 13.3. The fourth-order valence-electron chi connectivity index (χ4n) is 6.00. The van der Waals surface area contributed by atoms with Crippen LogP contribution in [0, 0.1) is 24.5 Å². The standard InChI is InChI=1S/C31H35F2N2O2/c1-23-7-5-11-27(19-23)34(21-25-12-13-28(32)29(33)20-25)31(36)37-30-22-35(17-14-26(30)15-18-35)16-6-10-24-8-3-2-4-9-24/h2-5,7-9,11-13,19-20,26,30H,6,10,14-18,21-22H2,1H3/q+1. The van der Waals surface area contributed by atoms with Crippen molar-refractivity contribution in [1.29, 1.82) is 0 Å². The van der Waals surface area contributed by atoms with Crippen molar-refractivity contribution < 1.29 is 22.8 Å². The second-order valence-electron chi connectivity index (χ2n) is 10.7. The maximum absolute atomic E-state index is 13.9. The van der Waals surface area contributed by atoms with Crippen LogP contribution in [0.15, 0.2) is 72.8 Å². The Hall–Kier alpha value is -3.25. The predicted octanol–water partition coefficient (Wildman–Crippen LogP) is 6.66. The normalized spacial score (nSPS) is 22.6. The van der Waals surface area contributed by atoms with Gasteiger partial charge >= 0.3 is 6.09 Å². The van der Waals surface area contributed by atoms with E-state index in [0.29, 0.717) is 17.2 Å². The first-order valence-electron chi connectivity index (χ1n) is 13.3. The minimum Gasteiger partial charge on any atom is -0.440 e. The molecule has 3 heterocycles. The lowest BCUT2D eigenvalue weighted by Gasteiger charge is -2.52. The third-order valence-electron chi connectivity index (χ3n) is 8.09. The van der Waals surface area contributed by atoms with E-state index in [4.69, 9.17) is 4.74 Å². The summed E-state index contributed by atoms with van der Waals surface area (Å²) < 4.78 is 34.6. The number of benzene rings is 3. The number of nitrogens with zero attached hydrogens (tertiary/aromatic N) is 2. The molecule has 3 aliphatic heterocycles. The fraction of sp³-hybridized carbons (Fsp3) is 0.387. The van der Waals surface area contributed by atoms with Gasteiger partial charge in [-0.1, -0.05) is 48.5 Å². The summed E-state index contributed by atoms with van der Waals surface area (Å²) in [6.45, 7) is 6.29. The predicted molar refractivity (Wildman–Crippen MR) is 141 cm³/mol. The molecule has 3 aromatic carbocycles. The molecule has 3 fully saturated rings. The minimum atomic E-state index is -0.922. The van der Waals surface area contributed by atoms with Crippen molar-refractivity contribution in [3.63, 3.8) is 0 Å². The summed E-state index contributed by atoms with van der Waals surface area (Å²) >= 11 is 0. The summed E-state index contributed by atoms with van der Waals surface area (Å²) in [6, 6.07) is 21.9. The molecule has 0 aliphatic carbocycles. The van der Waals surface area contributed by atoms with Gasteiger partial charge in [-0.25, -0.2) is 13.6 Å². The van der Waals surface area contributed by atoms with Gasteiger partial charge in [0, 0.05) is 30.9 Å². The number of halogens is 2. The number of piperidine rings is 3. The molecule has 0 N–H and O–H groups in total. The smallest absolute Gasteiger partial charge is 0.415 e. The fourth-order valence-corrected chi connectivity index (χ4v) is 6.00. The van der Waals surface area contributed by atoms with E-state index < -0.39 is 17.7 Å². The molecular weight excluding hydrogens is 470 g/mol. The van der Waals surface area contributed by atoms with Crippen molar-refractivity contribution in [3.05, 3.63) is 101 Å². The summed E-state index contributed by atoms with van der Waals surface area (Å²) in [6.07, 6.45) is 3.74. The highest BCUT2D eigenvalue weighted by molar-refractivity contribution is 5.87. The van der Waals surface area contributed by atoms with Gasteiger partial charge in [0.05, 0.1) is 26.2 Å². The lowest BCUT2D eigenvalue weighted by atomic mass is 9.83. The number of quaternary nitrogens is 1. The van der Waals surface area contributed by atoms with E-state index in [0.717, 1.165) is 74.0 Å². The second-order valence-corrected chi connectivity index (χ2v) is 10.7. The zero-order valence-electron chi connectivity index (χ0n) is 21.4. The molecule has 1 amide bonds. The molecule has 0 saturated carbocycles. The monoisotopic (exact) mass is 505 g/mol. The van der Waals surface area contributed by atoms with Crippen LogP contribution in [0.3, 0.4) is 0 Å². The molecule has 3 aliphatic rings. The van der Waals surface area contributed by atoms with Gasteiger partial charge in [0.25, 0.3) is 0 Å². The molecule has 0 spiro atoms. The first kappa shape index (κ1) is 25.4. The first-order chi connectivity index (χ1) is 17.9.